The predicted octanol–water partition coefficient (Wildman–Crippen LogP) is 2.41. The van der Waals surface area contributed by atoms with Crippen LogP contribution in [0.25, 0.3) is 0 Å². The molecular formula is C11H20N2S. The smallest absolute Gasteiger partial charge is 0.0672 e. The summed E-state index contributed by atoms with van der Waals surface area (Å²) in [4.78, 5) is 0. The molecule has 3 heteroatoms. The third-order valence-electron chi connectivity index (χ3n) is 2.86. The molecule has 2 atom stereocenters. The number of nitrogens with zero attached hydrogens (tertiary/aromatic N) is 1. The van der Waals surface area contributed by atoms with Gasteiger partial charge in [-0.1, -0.05) is 12.8 Å². The van der Waals surface area contributed by atoms with Crippen molar-refractivity contribution in [3.05, 3.63) is 0 Å². The first-order chi connectivity index (χ1) is 6.88. The number of rotatable bonds is 5. The van der Waals surface area contributed by atoms with E-state index >= 15 is 0 Å². The minimum absolute atomic E-state index is 0.262. The summed E-state index contributed by atoms with van der Waals surface area (Å²) in [6, 6.07) is 2.90. The van der Waals surface area contributed by atoms with Crippen LogP contribution in [0, 0.1) is 17.2 Å². The van der Waals surface area contributed by atoms with Gasteiger partial charge in [0.05, 0.1) is 12.0 Å². The Balaban J connectivity index is 2.17. The van der Waals surface area contributed by atoms with Gasteiger partial charge in [0, 0.05) is 6.04 Å². The molecule has 0 heterocycles. The Kier molecular flexibility index (Phi) is 6.05. The first-order valence-electron chi connectivity index (χ1n) is 5.50. The number of hydrogen-bond acceptors (Lipinski definition) is 3. The van der Waals surface area contributed by atoms with Crippen molar-refractivity contribution in [3.63, 3.8) is 0 Å². The summed E-state index contributed by atoms with van der Waals surface area (Å²) < 4.78 is 0. The van der Waals surface area contributed by atoms with Crippen LogP contribution in [-0.2, 0) is 0 Å². The van der Waals surface area contributed by atoms with Crippen molar-refractivity contribution in [1.82, 2.24) is 5.32 Å². The number of thioether (sulfide) groups is 1. The lowest BCUT2D eigenvalue weighted by atomic mass is 9.85. The minimum atomic E-state index is 0.262. The maximum Gasteiger partial charge on any atom is 0.0672 e. The topological polar surface area (TPSA) is 35.8 Å². The van der Waals surface area contributed by atoms with Gasteiger partial charge < -0.3 is 5.32 Å². The summed E-state index contributed by atoms with van der Waals surface area (Å²) >= 11 is 1.89. The second-order valence-electron chi connectivity index (χ2n) is 3.93. The van der Waals surface area contributed by atoms with Crippen LogP contribution in [0.1, 0.15) is 32.1 Å². The molecule has 2 unspecified atom stereocenters. The Hall–Kier alpha value is -0.200. The van der Waals surface area contributed by atoms with E-state index in [1.165, 1.54) is 31.4 Å². The van der Waals surface area contributed by atoms with Crippen molar-refractivity contribution in [2.75, 3.05) is 18.6 Å². The molecule has 1 saturated carbocycles. The fraction of sp³-hybridized carbons (Fsp3) is 0.909. The molecule has 14 heavy (non-hydrogen) atoms. The summed E-state index contributed by atoms with van der Waals surface area (Å²) in [5.41, 5.74) is 0. The average Bonchev–Trinajstić information content (AvgIpc) is 2.25. The lowest BCUT2D eigenvalue weighted by molar-refractivity contribution is 0.314. The zero-order chi connectivity index (χ0) is 10.2. The Morgan fingerprint density at radius 1 is 1.43 bits per heavy atom. The van der Waals surface area contributed by atoms with E-state index in [1.807, 2.05) is 11.8 Å². The second kappa shape index (κ2) is 7.14. The molecule has 1 aliphatic rings. The number of nitriles is 1. The van der Waals surface area contributed by atoms with E-state index in [4.69, 9.17) is 5.26 Å². The molecule has 1 aliphatic carbocycles. The Labute approximate surface area is 91.4 Å². The molecule has 0 aromatic rings. The molecule has 80 valence electrons. The molecular weight excluding hydrogens is 192 g/mol. The Morgan fingerprint density at radius 3 is 2.93 bits per heavy atom. The quantitative estimate of drug-likeness (QED) is 0.711. The minimum Gasteiger partial charge on any atom is -0.313 e. The Bertz CT molecular complexity index is 188. The maximum absolute atomic E-state index is 8.97. The van der Waals surface area contributed by atoms with Gasteiger partial charge in [-0.15, -0.1) is 0 Å². The molecule has 0 aromatic carbocycles. The summed E-state index contributed by atoms with van der Waals surface area (Å²) in [5, 5.41) is 12.5. The normalized spacial score (nSPS) is 27.1. The molecule has 0 radical (unpaired) electrons. The summed E-state index contributed by atoms with van der Waals surface area (Å²) in [5.74, 6) is 1.48. The molecule has 0 amide bonds. The van der Waals surface area contributed by atoms with E-state index in [2.05, 4.69) is 17.6 Å². The highest BCUT2D eigenvalue weighted by Gasteiger charge is 2.23. The van der Waals surface area contributed by atoms with Crippen LogP contribution in [0.5, 0.6) is 0 Å². The van der Waals surface area contributed by atoms with Crippen LogP contribution in [-0.4, -0.2) is 24.6 Å². The van der Waals surface area contributed by atoms with Crippen molar-refractivity contribution in [2.45, 2.75) is 38.1 Å². The van der Waals surface area contributed by atoms with Gasteiger partial charge in [-0.25, -0.2) is 0 Å². The molecule has 1 rings (SSSR count). The van der Waals surface area contributed by atoms with Gasteiger partial charge in [-0.3, -0.25) is 0 Å². The van der Waals surface area contributed by atoms with Gasteiger partial charge in [-0.2, -0.15) is 17.0 Å². The predicted molar refractivity (Wildman–Crippen MR) is 62.4 cm³/mol. The molecule has 0 bridgehead atoms. The van der Waals surface area contributed by atoms with Crippen molar-refractivity contribution in [2.24, 2.45) is 5.92 Å². The van der Waals surface area contributed by atoms with Crippen molar-refractivity contribution in [3.8, 4) is 6.07 Å². The lowest BCUT2D eigenvalue weighted by Crippen LogP contribution is -2.38. The average molecular weight is 212 g/mol. The van der Waals surface area contributed by atoms with Crippen molar-refractivity contribution >= 4 is 11.8 Å². The third kappa shape index (κ3) is 3.89. The zero-order valence-electron chi connectivity index (χ0n) is 8.96. The molecule has 0 spiro atoms. The number of nitrogens with one attached hydrogen (secondary N) is 1. The summed E-state index contributed by atoms with van der Waals surface area (Å²) in [7, 11) is 0. The van der Waals surface area contributed by atoms with Crippen LogP contribution in [0.3, 0.4) is 0 Å². The Morgan fingerprint density at radius 2 is 2.21 bits per heavy atom. The highest BCUT2D eigenvalue weighted by molar-refractivity contribution is 7.98. The first kappa shape index (κ1) is 11.9. The SMILES string of the molecule is CSCCCNC1CCCCC1C#N. The molecule has 1 N–H and O–H groups in total. The lowest BCUT2D eigenvalue weighted by Gasteiger charge is -2.27. The molecule has 2 nitrogen and oxygen atoms in total. The monoisotopic (exact) mass is 212 g/mol. The van der Waals surface area contributed by atoms with Crippen LogP contribution in [0.4, 0.5) is 0 Å². The van der Waals surface area contributed by atoms with Gasteiger partial charge in [-0.05, 0) is 37.8 Å². The summed E-state index contributed by atoms with van der Waals surface area (Å²) in [6.07, 6.45) is 8.17. The van der Waals surface area contributed by atoms with E-state index < -0.39 is 0 Å². The third-order valence-corrected chi connectivity index (χ3v) is 3.56. The van der Waals surface area contributed by atoms with Crippen LogP contribution in [0.2, 0.25) is 0 Å². The largest absolute Gasteiger partial charge is 0.313 e. The van der Waals surface area contributed by atoms with Crippen molar-refractivity contribution in [1.29, 1.82) is 5.26 Å². The van der Waals surface area contributed by atoms with Gasteiger partial charge in [0.1, 0.15) is 0 Å². The zero-order valence-corrected chi connectivity index (χ0v) is 9.78. The van der Waals surface area contributed by atoms with E-state index in [9.17, 15) is 0 Å². The van der Waals surface area contributed by atoms with Crippen LogP contribution >= 0.6 is 11.8 Å². The second-order valence-corrected chi connectivity index (χ2v) is 4.91. The standard InChI is InChI=1S/C11H20N2S/c1-14-8-4-7-13-11-6-3-2-5-10(11)9-12/h10-11,13H,2-8H2,1H3. The van der Waals surface area contributed by atoms with Gasteiger partial charge in [0.25, 0.3) is 0 Å². The maximum atomic E-state index is 8.97. The van der Waals surface area contributed by atoms with Crippen LogP contribution in [0.15, 0.2) is 0 Å². The number of hydrogen-bond donors (Lipinski definition) is 1. The fourth-order valence-electron chi connectivity index (χ4n) is 2.03. The fourth-order valence-corrected chi connectivity index (χ4v) is 2.47. The van der Waals surface area contributed by atoms with Gasteiger partial charge >= 0.3 is 0 Å². The van der Waals surface area contributed by atoms with E-state index in [0.717, 1.165) is 13.0 Å². The highest BCUT2D eigenvalue weighted by atomic mass is 32.2. The van der Waals surface area contributed by atoms with Crippen LogP contribution < -0.4 is 5.32 Å². The first-order valence-corrected chi connectivity index (χ1v) is 6.90. The molecule has 0 aliphatic heterocycles. The molecule has 0 aromatic heterocycles. The van der Waals surface area contributed by atoms with Crippen molar-refractivity contribution < 1.29 is 0 Å². The van der Waals surface area contributed by atoms with E-state index in [0.29, 0.717) is 6.04 Å². The van der Waals surface area contributed by atoms with Gasteiger partial charge in [0.2, 0.25) is 0 Å². The highest BCUT2D eigenvalue weighted by Crippen LogP contribution is 2.23. The van der Waals surface area contributed by atoms with E-state index in [-0.39, 0.29) is 5.92 Å². The molecule has 0 saturated heterocycles. The summed E-state index contributed by atoms with van der Waals surface area (Å²) in [6.45, 7) is 1.07. The van der Waals surface area contributed by atoms with E-state index in [1.54, 1.807) is 0 Å². The molecule has 1 fully saturated rings. The van der Waals surface area contributed by atoms with Gasteiger partial charge in [0.15, 0.2) is 0 Å².